The Labute approximate surface area is 131 Å². The summed E-state index contributed by atoms with van der Waals surface area (Å²) in [5.41, 5.74) is 2.70. The highest BCUT2D eigenvalue weighted by Gasteiger charge is 2.48. The highest BCUT2D eigenvalue weighted by atomic mass is 32.1. The molecule has 2 nitrogen and oxygen atoms in total. The predicted octanol–water partition coefficient (Wildman–Crippen LogP) is 5.03. The molecule has 2 atom stereocenters. The number of para-hydroxylation sites is 1. The third-order valence-corrected chi connectivity index (χ3v) is 5.49. The molecule has 1 aliphatic rings. The van der Waals surface area contributed by atoms with Crippen molar-refractivity contribution >= 4 is 17.0 Å². The lowest BCUT2D eigenvalue weighted by atomic mass is 9.64. The topological polar surface area (TPSA) is 21.3 Å². The van der Waals surface area contributed by atoms with Crippen LogP contribution in [0.1, 0.15) is 27.2 Å². The number of hydrogen-bond donors (Lipinski definition) is 1. The first kappa shape index (κ1) is 14.6. The van der Waals surface area contributed by atoms with Crippen molar-refractivity contribution in [3.8, 4) is 10.4 Å². The second-order valence-electron chi connectivity index (χ2n) is 6.22. The van der Waals surface area contributed by atoms with Crippen LogP contribution in [0.15, 0.2) is 41.8 Å². The van der Waals surface area contributed by atoms with E-state index in [0.29, 0.717) is 12.1 Å². The molecule has 0 saturated heterocycles. The van der Waals surface area contributed by atoms with Crippen LogP contribution >= 0.6 is 11.3 Å². The first-order chi connectivity index (χ1) is 10.1. The van der Waals surface area contributed by atoms with E-state index in [9.17, 15) is 0 Å². The van der Waals surface area contributed by atoms with E-state index in [1.807, 2.05) is 0 Å². The fraction of sp³-hybridized carbons (Fsp3) is 0.444. The van der Waals surface area contributed by atoms with E-state index >= 15 is 0 Å². The van der Waals surface area contributed by atoms with Crippen molar-refractivity contribution in [3.05, 3.63) is 41.8 Å². The average molecular weight is 301 g/mol. The second kappa shape index (κ2) is 5.82. The van der Waals surface area contributed by atoms with Crippen LogP contribution in [0.2, 0.25) is 0 Å². The number of hydrogen-bond acceptors (Lipinski definition) is 3. The van der Waals surface area contributed by atoms with Crippen molar-refractivity contribution in [1.82, 2.24) is 0 Å². The zero-order valence-corrected chi connectivity index (χ0v) is 13.7. The minimum atomic E-state index is 0.179. The highest BCUT2D eigenvalue weighted by molar-refractivity contribution is 7.13. The molecular weight excluding hydrogens is 278 g/mol. The second-order valence-corrected chi connectivity index (χ2v) is 7.17. The van der Waals surface area contributed by atoms with E-state index in [1.54, 1.807) is 11.3 Å². The van der Waals surface area contributed by atoms with E-state index in [2.05, 4.69) is 67.9 Å². The van der Waals surface area contributed by atoms with Crippen molar-refractivity contribution in [1.29, 1.82) is 0 Å². The Morgan fingerprint density at radius 1 is 1.24 bits per heavy atom. The Bertz CT molecular complexity index is 591. The van der Waals surface area contributed by atoms with E-state index in [4.69, 9.17) is 4.74 Å². The lowest BCUT2D eigenvalue weighted by Gasteiger charge is -2.52. The fourth-order valence-electron chi connectivity index (χ4n) is 3.06. The smallest absolute Gasteiger partial charge is 0.0665 e. The third kappa shape index (κ3) is 2.72. The molecule has 112 valence electrons. The van der Waals surface area contributed by atoms with Crippen LogP contribution in [-0.2, 0) is 4.74 Å². The van der Waals surface area contributed by atoms with Crippen LogP contribution in [0.3, 0.4) is 0 Å². The maximum atomic E-state index is 5.83. The summed E-state index contributed by atoms with van der Waals surface area (Å²) < 4.78 is 5.83. The monoisotopic (exact) mass is 301 g/mol. The number of nitrogens with one attached hydrogen (secondary N) is 1. The van der Waals surface area contributed by atoms with Crippen LogP contribution in [0, 0.1) is 5.41 Å². The van der Waals surface area contributed by atoms with Crippen molar-refractivity contribution < 1.29 is 4.74 Å². The first-order valence-electron chi connectivity index (χ1n) is 7.64. The van der Waals surface area contributed by atoms with Crippen molar-refractivity contribution in [2.24, 2.45) is 5.41 Å². The van der Waals surface area contributed by atoms with E-state index in [1.165, 1.54) is 16.1 Å². The molecule has 1 aliphatic carbocycles. The summed E-state index contributed by atoms with van der Waals surface area (Å²) in [7, 11) is 0. The van der Waals surface area contributed by atoms with Gasteiger partial charge in [-0.3, -0.25) is 0 Å². The maximum absolute atomic E-state index is 5.83. The molecule has 21 heavy (non-hydrogen) atoms. The van der Waals surface area contributed by atoms with Gasteiger partial charge in [0.1, 0.15) is 0 Å². The first-order valence-corrected chi connectivity index (χ1v) is 8.52. The van der Waals surface area contributed by atoms with Gasteiger partial charge in [-0.15, -0.1) is 11.3 Å². The Morgan fingerprint density at radius 3 is 2.71 bits per heavy atom. The number of benzene rings is 1. The normalized spacial score (nSPS) is 23.6. The summed E-state index contributed by atoms with van der Waals surface area (Å²) in [4.78, 5) is 1.32. The molecule has 0 radical (unpaired) electrons. The van der Waals surface area contributed by atoms with Crippen molar-refractivity contribution in [2.45, 2.75) is 39.3 Å². The average Bonchev–Trinajstić information content (AvgIpc) is 3.01. The molecule has 0 amide bonds. The van der Waals surface area contributed by atoms with Gasteiger partial charge >= 0.3 is 0 Å². The molecule has 1 heterocycles. The van der Waals surface area contributed by atoms with Crippen LogP contribution in [0.4, 0.5) is 5.69 Å². The minimum absolute atomic E-state index is 0.179. The van der Waals surface area contributed by atoms with Gasteiger partial charge in [0.25, 0.3) is 0 Å². The van der Waals surface area contributed by atoms with Gasteiger partial charge in [-0.05, 0) is 30.9 Å². The zero-order chi connectivity index (χ0) is 14.9. The SMILES string of the molecule is CCOC1CC(Nc2ccccc2-c2cccs2)C1(C)C. The third-order valence-electron chi connectivity index (χ3n) is 4.59. The minimum Gasteiger partial charge on any atom is -0.381 e. The standard InChI is InChI=1S/C18H23NOS/c1-4-20-17-12-16(18(17,2)3)19-14-9-6-5-8-13(14)15-10-7-11-21-15/h5-11,16-17,19H,4,12H2,1-3H3. The summed E-state index contributed by atoms with van der Waals surface area (Å²) in [6.45, 7) is 7.46. The summed E-state index contributed by atoms with van der Waals surface area (Å²) in [6.07, 6.45) is 1.45. The van der Waals surface area contributed by atoms with Crippen molar-refractivity contribution in [2.75, 3.05) is 11.9 Å². The van der Waals surface area contributed by atoms with E-state index < -0.39 is 0 Å². The Morgan fingerprint density at radius 2 is 2.05 bits per heavy atom. The molecule has 1 fully saturated rings. The molecule has 3 rings (SSSR count). The molecule has 0 bridgehead atoms. The Kier molecular flexibility index (Phi) is 4.05. The molecule has 0 aliphatic heterocycles. The summed E-state index contributed by atoms with van der Waals surface area (Å²) in [5.74, 6) is 0. The lowest BCUT2D eigenvalue weighted by molar-refractivity contribution is -0.0975. The van der Waals surface area contributed by atoms with Crippen LogP contribution in [-0.4, -0.2) is 18.8 Å². The summed E-state index contributed by atoms with van der Waals surface area (Å²) in [5, 5.41) is 5.87. The lowest BCUT2D eigenvalue weighted by Crippen LogP contribution is -2.58. The fourth-order valence-corrected chi connectivity index (χ4v) is 3.82. The summed E-state index contributed by atoms with van der Waals surface area (Å²) >= 11 is 1.79. The molecular formula is C18H23NOS. The number of rotatable bonds is 5. The molecule has 1 aromatic heterocycles. The maximum Gasteiger partial charge on any atom is 0.0665 e. The van der Waals surface area contributed by atoms with Crippen molar-refractivity contribution in [3.63, 3.8) is 0 Å². The molecule has 1 N–H and O–H groups in total. The van der Waals surface area contributed by atoms with Gasteiger partial charge < -0.3 is 10.1 Å². The van der Waals surface area contributed by atoms with Crippen LogP contribution in [0.5, 0.6) is 0 Å². The van der Waals surface area contributed by atoms with Gasteiger partial charge in [0, 0.05) is 34.2 Å². The van der Waals surface area contributed by atoms with E-state index in [-0.39, 0.29) is 5.41 Å². The highest BCUT2D eigenvalue weighted by Crippen LogP contribution is 2.45. The quantitative estimate of drug-likeness (QED) is 0.836. The van der Waals surface area contributed by atoms with Gasteiger partial charge in [-0.2, -0.15) is 0 Å². The number of anilines is 1. The number of ether oxygens (including phenoxy) is 1. The largest absolute Gasteiger partial charge is 0.381 e. The molecule has 2 aromatic rings. The molecule has 2 unspecified atom stereocenters. The molecule has 0 spiro atoms. The summed E-state index contributed by atoms with van der Waals surface area (Å²) in [6, 6.07) is 13.3. The zero-order valence-electron chi connectivity index (χ0n) is 12.9. The van der Waals surface area contributed by atoms with Gasteiger partial charge in [0.15, 0.2) is 0 Å². The van der Waals surface area contributed by atoms with Gasteiger partial charge in [0.2, 0.25) is 0 Å². The van der Waals surface area contributed by atoms with Crippen LogP contribution in [0.25, 0.3) is 10.4 Å². The van der Waals surface area contributed by atoms with Crippen LogP contribution < -0.4 is 5.32 Å². The molecule has 3 heteroatoms. The molecule has 1 saturated carbocycles. The number of thiophene rings is 1. The predicted molar refractivity (Wildman–Crippen MR) is 91.0 cm³/mol. The Hall–Kier alpha value is -1.32. The van der Waals surface area contributed by atoms with Gasteiger partial charge in [0.05, 0.1) is 6.10 Å². The van der Waals surface area contributed by atoms with E-state index in [0.717, 1.165) is 13.0 Å². The van der Waals surface area contributed by atoms with Gasteiger partial charge in [-0.25, -0.2) is 0 Å². The Balaban J connectivity index is 1.78. The van der Waals surface area contributed by atoms with Gasteiger partial charge in [-0.1, -0.05) is 38.1 Å². The molecule has 1 aromatic carbocycles.